The number of amides is 1. The Morgan fingerprint density at radius 2 is 1.84 bits per heavy atom. The molecule has 0 aliphatic heterocycles. The Hall–Kier alpha value is -3.82. The van der Waals surface area contributed by atoms with Crippen molar-refractivity contribution in [1.82, 2.24) is 15.6 Å². The molecule has 0 atom stereocenters. The molecule has 0 unspecified atom stereocenters. The summed E-state index contributed by atoms with van der Waals surface area (Å²) in [6.45, 7) is 2.28. The third-order valence-electron chi connectivity index (χ3n) is 4.04. The highest BCUT2D eigenvalue weighted by molar-refractivity contribution is 5.95. The van der Waals surface area contributed by atoms with Gasteiger partial charge >= 0.3 is 0 Å². The third-order valence-corrected chi connectivity index (χ3v) is 4.04. The number of benzene rings is 2. The summed E-state index contributed by atoms with van der Waals surface area (Å²) in [4.78, 5) is 20.7. The van der Waals surface area contributed by atoms with Crippen molar-refractivity contribution in [2.45, 2.75) is 13.5 Å². The molecule has 0 saturated heterocycles. The number of hydrogen-bond acceptors (Lipinski definition) is 4. The average Bonchev–Trinajstić information content (AvgIpc) is 3.26. The maximum absolute atomic E-state index is 13.7. The fourth-order valence-electron chi connectivity index (χ4n) is 2.58. The first-order valence-electron chi connectivity index (χ1n) is 9.43. The highest BCUT2D eigenvalue weighted by Crippen LogP contribution is 2.19. The normalized spacial score (nSPS) is 11.3. The van der Waals surface area contributed by atoms with Gasteiger partial charge in [0.15, 0.2) is 23.4 Å². The number of oxazole rings is 1. The molecular formula is C21H20F3N5O2. The molecule has 1 heterocycles. The molecule has 3 rings (SSSR count). The van der Waals surface area contributed by atoms with Crippen LogP contribution in [0.2, 0.25) is 0 Å². The number of guanidine groups is 1. The SMILES string of the molecule is CCNC(=NCc1coc(-c2ccccc2)n1)NCC(=O)Nc1ccc(F)c(F)c1F. The number of hydrogen-bond donors (Lipinski definition) is 3. The fraction of sp³-hybridized carbons (Fsp3) is 0.190. The summed E-state index contributed by atoms with van der Waals surface area (Å²) in [6, 6.07) is 11.1. The van der Waals surface area contributed by atoms with Gasteiger partial charge in [-0.2, -0.15) is 0 Å². The maximum atomic E-state index is 13.7. The number of carbonyl (C=O) groups excluding carboxylic acids is 1. The van der Waals surface area contributed by atoms with E-state index in [9.17, 15) is 18.0 Å². The van der Waals surface area contributed by atoms with Crippen LogP contribution in [0.15, 0.2) is 58.1 Å². The number of aromatic nitrogens is 1. The highest BCUT2D eigenvalue weighted by Gasteiger charge is 2.15. The monoisotopic (exact) mass is 431 g/mol. The second-order valence-corrected chi connectivity index (χ2v) is 6.33. The van der Waals surface area contributed by atoms with Crippen LogP contribution in [-0.4, -0.2) is 29.9 Å². The van der Waals surface area contributed by atoms with Crippen LogP contribution < -0.4 is 16.0 Å². The first-order valence-corrected chi connectivity index (χ1v) is 9.43. The van der Waals surface area contributed by atoms with Gasteiger partial charge < -0.3 is 20.4 Å². The number of halogens is 3. The molecule has 0 bridgehead atoms. The third kappa shape index (κ3) is 5.84. The van der Waals surface area contributed by atoms with Crippen molar-refractivity contribution in [3.63, 3.8) is 0 Å². The molecule has 1 aromatic heterocycles. The molecule has 0 aliphatic rings. The molecule has 3 N–H and O–H groups in total. The lowest BCUT2D eigenvalue weighted by Crippen LogP contribution is -2.41. The maximum Gasteiger partial charge on any atom is 0.243 e. The van der Waals surface area contributed by atoms with E-state index in [4.69, 9.17) is 4.42 Å². The molecule has 0 aliphatic carbocycles. The van der Waals surface area contributed by atoms with E-state index >= 15 is 0 Å². The summed E-state index contributed by atoms with van der Waals surface area (Å²) >= 11 is 0. The van der Waals surface area contributed by atoms with Crippen molar-refractivity contribution >= 4 is 17.6 Å². The van der Waals surface area contributed by atoms with Gasteiger partial charge in [-0.05, 0) is 31.2 Å². The molecule has 31 heavy (non-hydrogen) atoms. The highest BCUT2D eigenvalue weighted by atomic mass is 19.2. The van der Waals surface area contributed by atoms with Gasteiger partial charge in [0.1, 0.15) is 12.0 Å². The second-order valence-electron chi connectivity index (χ2n) is 6.33. The molecule has 7 nitrogen and oxygen atoms in total. The van der Waals surface area contributed by atoms with Gasteiger partial charge in [-0.3, -0.25) is 4.79 Å². The smallest absolute Gasteiger partial charge is 0.243 e. The van der Waals surface area contributed by atoms with Crippen molar-refractivity contribution in [3.05, 3.63) is 71.9 Å². The molecule has 0 radical (unpaired) electrons. The second kappa shape index (κ2) is 10.3. The van der Waals surface area contributed by atoms with E-state index in [1.54, 1.807) is 0 Å². The van der Waals surface area contributed by atoms with Crippen molar-refractivity contribution in [1.29, 1.82) is 0 Å². The summed E-state index contributed by atoms with van der Waals surface area (Å²) in [5.74, 6) is -4.33. The van der Waals surface area contributed by atoms with Crippen molar-refractivity contribution in [2.75, 3.05) is 18.4 Å². The molecule has 3 aromatic rings. The largest absolute Gasteiger partial charge is 0.444 e. The molecule has 0 spiro atoms. The molecule has 10 heteroatoms. The van der Waals surface area contributed by atoms with Crippen molar-refractivity contribution in [2.24, 2.45) is 4.99 Å². The zero-order valence-electron chi connectivity index (χ0n) is 16.6. The van der Waals surface area contributed by atoms with Crippen LogP contribution in [-0.2, 0) is 11.3 Å². The van der Waals surface area contributed by atoms with Crippen LogP contribution >= 0.6 is 0 Å². The summed E-state index contributed by atoms with van der Waals surface area (Å²) < 4.78 is 45.4. The van der Waals surface area contributed by atoms with Gasteiger partial charge in [0.25, 0.3) is 0 Å². The Kier molecular flexibility index (Phi) is 7.26. The summed E-state index contributed by atoms with van der Waals surface area (Å²) in [6.07, 6.45) is 1.49. The van der Waals surface area contributed by atoms with Crippen molar-refractivity contribution < 1.29 is 22.4 Å². The Balaban J connectivity index is 1.58. The Bertz CT molecular complexity index is 1070. The minimum Gasteiger partial charge on any atom is -0.444 e. The van der Waals surface area contributed by atoms with Gasteiger partial charge in [-0.25, -0.2) is 23.1 Å². The summed E-state index contributed by atoms with van der Waals surface area (Å²) in [7, 11) is 0. The van der Waals surface area contributed by atoms with E-state index in [0.717, 1.165) is 17.7 Å². The van der Waals surface area contributed by atoms with E-state index in [-0.39, 0.29) is 13.1 Å². The Morgan fingerprint density at radius 1 is 1.06 bits per heavy atom. The standard InChI is InChI=1S/C21H20F3N5O2/c1-2-25-21(26-10-14-12-31-20(28-14)13-6-4-3-5-7-13)27-11-17(30)29-16-9-8-15(22)18(23)19(16)24/h3-9,12H,2,10-11H2,1H3,(H,29,30)(H2,25,26,27). The number of aliphatic imine (C=N–C) groups is 1. The van der Waals surface area contributed by atoms with Crippen LogP contribution in [0, 0.1) is 17.5 Å². The molecule has 0 saturated carbocycles. The van der Waals surface area contributed by atoms with Crippen LogP contribution in [0.1, 0.15) is 12.6 Å². The number of rotatable bonds is 7. The lowest BCUT2D eigenvalue weighted by molar-refractivity contribution is -0.115. The van der Waals surface area contributed by atoms with Gasteiger partial charge in [0.2, 0.25) is 11.8 Å². The average molecular weight is 431 g/mol. The first kappa shape index (κ1) is 21.9. The Morgan fingerprint density at radius 3 is 2.58 bits per heavy atom. The molecule has 162 valence electrons. The van der Waals surface area contributed by atoms with Gasteiger partial charge in [0.05, 0.1) is 18.8 Å². The molecule has 2 aromatic carbocycles. The van der Waals surface area contributed by atoms with E-state index in [2.05, 4.69) is 25.9 Å². The van der Waals surface area contributed by atoms with Crippen LogP contribution in [0.5, 0.6) is 0 Å². The summed E-state index contributed by atoms with van der Waals surface area (Å²) in [5.41, 5.74) is 0.969. The van der Waals surface area contributed by atoms with E-state index in [1.165, 1.54) is 6.26 Å². The fourth-order valence-corrected chi connectivity index (χ4v) is 2.58. The van der Waals surface area contributed by atoms with Gasteiger partial charge in [-0.1, -0.05) is 18.2 Å². The number of nitrogens with one attached hydrogen (secondary N) is 3. The van der Waals surface area contributed by atoms with E-state index in [0.29, 0.717) is 24.1 Å². The van der Waals surface area contributed by atoms with Crippen molar-refractivity contribution in [3.8, 4) is 11.5 Å². The van der Waals surface area contributed by atoms with Crippen LogP contribution in [0.25, 0.3) is 11.5 Å². The Labute approximate surface area is 176 Å². The van der Waals surface area contributed by atoms with E-state index in [1.807, 2.05) is 37.3 Å². The minimum atomic E-state index is -1.65. The number of anilines is 1. The van der Waals surface area contributed by atoms with Gasteiger partial charge in [0, 0.05) is 12.1 Å². The molecular weight excluding hydrogens is 411 g/mol. The number of nitrogens with zero attached hydrogens (tertiary/aromatic N) is 2. The zero-order valence-corrected chi connectivity index (χ0v) is 16.6. The quantitative estimate of drug-likeness (QED) is 0.303. The molecule has 0 fully saturated rings. The van der Waals surface area contributed by atoms with Gasteiger partial charge in [-0.15, -0.1) is 0 Å². The predicted octanol–water partition coefficient (Wildman–Crippen LogP) is 3.45. The lowest BCUT2D eigenvalue weighted by atomic mass is 10.2. The summed E-state index contributed by atoms with van der Waals surface area (Å²) in [5, 5.41) is 7.91. The number of carbonyl (C=O) groups is 1. The van der Waals surface area contributed by atoms with Crippen LogP contribution in [0.4, 0.5) is 18.9 Å². The first-order chi connectivity index (χ1) is 15.0. The zero-order chi connectivity index (χ0) is 22.2. The topological polar surface area (TPSA) is 91.6 Å². The van der Waals surface area contributed by atoms with Crippen LogP contribution in [0.3, 0.4) is 0 Å². The molecule has 1 amide bonds. The predicted molar refractivity (Wildman–Crippen MR) is 110 cm³/mol. The lowest BCUT2D eigenvalue weighted by Gasteiger charge is -2.11. The minimum absolute atomic E-state index is 0.186. The van der Waals surface area contributed by atoms with E-state index < -0.39 is 29.0 Å².